The van der Waals surface area contributed by atoms with E-state index in [0.29, 0.717) is 6.54 Å². The first-order chi connectivity index (χ1) is 7.65. The lowest BCUT2D eigenvalue weighted by molar-refractivity contribution is 0.583. The molecule has 0 amide bonds. The van der Waals surface area contributed by atoms with Gasteiger partial charge in [-0.05, 0) is 18.6 Å². The van der Waals surface area contributed by atoms with Crippen LogP contribution in [0.3, 0.4) is 0 Å². The summed E-state index contributed by atoms with van der Waals surface area (Å²) in [5.74, 6) is 0.877. The van der Waals surface area contributed by atoms with E-state index in [2.05, 4.69) is 17.2 Å². The molecule has 0 bridgehead atoms. The Morgan fingerprint density at radius 3 is 2.53 bits per heavy atom. The number of rotatable bonds is 3. The van der Waals surface area contributed by atoms with Gasteiger partial charge in [-0.3, -0.25) is 0 Å². The molecule has 0 aliphatic carbocycles. The zero-order valence-electron chi connectivity index (χ0n) is 10.4. The third-order valence-corrected chi connectivity index (χ3v) is 2.48. The van der Waals surface area contributed by atoms with E-state index in [-0.39, 0.29) is 24.0 Å². The highest BCUT2D eigenvalue weighted by atomic mass is 127. The highest BCUT2D eigenvalue weighted by molar-refractivity contribution is 14.0. The van der Waals surface area contributed by atoms with Gasteiger partial charge in [-0.15, -0.1) is 24.0 Å². The Bertz CT molecular complexity index is 367. The summed E-state index contributed by atoms with van der Waals surface area (Å²) >= 11 is 6.06. The molecule has 0 saturated carbocycles. The van der Waals surface area contributed by atoms with Crippen molar-refractivity contribution in [3.8, 4) is 0 Å². The van der Waals surface area contributed by atoms with Crippen molar-refractivity contribution in [2.45, 2.75) is 13.5 Å². The number of nitrogens with zero attached hydrogens (tertiary/aromatic N) is 2. The summed E-state index contributed by atoms with van der Waals surface area (Å²) in [6.07, 6.45) is 0. The molecule has 0 spiro atoms. The number of hydrogen-bond acceptors (Lipinski definition) is 1. The van der Waals surface area contributed by atoms with Crippen LogP contribution in [0.25, 0.3) is 0 Å². The van der Waals surface area contributed by atoms with Crippen molar-refractivity contribution in [3.63, 3.8) is 0 Å². The molecule has 0 radical (unpaired) electrons. The third-order valence-electron chi connectivity index (χ3n) is 2.12. The summed E-state index contributed by atoms with van der Waals surface area (Å²) in [5, 5.41) is 3.97. The number of halogens is 2. The third kappa shape index (κ3) is 5.59. The first-order valence-corrected chi connectivity index (χ1v) is 5.72. The number of aliphatic imine (C=N–C) groups is 1. The Morgan fingerprint density at radius 2 is 2.00 bits per heavy atom. The normalized spacial score (nSPS) is 10.7. The summed E-state index contributed by atoms with van der Waals surface area (Å²) in [4.78, 5) is 6.45. The molecule has 0 aliphatic rings. The van der Waals surface area contributed by atoms with Crippen LogP contribution in [-0.4, -0.2) is 31.5 Å². The Morgan fingerprint density at radius 1 is 1.35 bits per heavy atom. The summed E-state index contributed by atoms with van der Waals surface area (Å²) in [7, 11) is 3.93. The summed E-state index contributed by atoms with van der Waals surface area (Å²) < 4.78 is 0. The predicted molar refractivity (Wildman–Crippen MR) is 85.4 cm³/mol. The van der Waals surface area contributed by atoms with Crippen molar-refractivity contribution in [2.75, 3.05) is 20.6 Å². The Balaban J connectivity index is 0.00000256. The molecular formula is C12H19ClIN3. The first kappa shape index (κ1) is 16.5. The number of guanidine groups is 1. The van der Waals surface area contributed by atoms with Crippen molar-refractivity contribution in [3.05, 3.63) is 34.9 Å². The molecule has 0 saturated heterocycles. The van der Waals surface area contributed by atoms with Crippen molar-refractivity contribution < 1.29 is 0 Å². The molecule has 0 heterocycles. The molecule has 1 N–H and O–H groups in total. The van der Waals surface area contributed by atoms with Gasteiger partial charge < -0.3 is 10.2 Å². The van der Waals surface area contributed by atoms with E-state index in [4.69, 9.17) is 11.6 Å². The lowest BCUT2D eigenvalue weighted by atomic mass is 10.2. The first-order valence-electron chi connectivity index (χ1n) is 5.34. The van der Waals surface area contributed by atoms with Crippen LogP contribution < -0.4 is 5.32 Å². The zero-order chi connectivity index (χ0) is 12.0. The zero-order valence-corrected chi connectivity index (χ0v) is 13.5. The smallest absolute Gasteiger partial charge is 0.193 e. The molecule has 3 nitrogen and oxygen atoms in total. The predicted octanol–water partition coefficient (Wildman–Crippen LogP) is 2.99. The Hall–Kier alpha value is -0.490. The fraction of sp³-hybridized carbons (Fsp3) is 0.417. The molecule has 96 valence electrons. The molecule has 0 atom stereocenters. The average Bonchev–Trinajstić information content (AvgIpc) is 2.26. The Kier molecular flexibility index (Phi) is 8.33. The van der Waals surface area contributed by atoms with E-state index in [1.807, 2.05) is 43.3 Å². The van der Waals surface area contributed by atoms with Crippen molar-refractivity contribution in [2.24, 2.45) is 4.99 Å². The molecule has 1 aromatic carbocycles. The van der Waals surface area contributed by atoms with Gasteiger partial charge in [0.1, 0.15) is 0 Å². The van der Waals surface area contributed by atoms with E-state index in [0.717, 1.165) is 23.1 Å². The second-order valence-electron chi connectivity index (χ2n) is 3.66. The number of hydrogen-bond donors (Lipinski definition) is 1. The van der Waals surface area contributed by atoms with Gasteiger partial charge in [0.2, 0.25) is 0 Å². The van der Waals surface area contributed by atoms with Gasteiger partial charge in [0.05, 0.1) is 6.54 Å². The van der Waals surface area contributed by atoms with Crippen molar-refractivity contribution in [1.82, 2.24) is 10.2 Å². The van der Waals surface area contributed by atoms with Crippen LogP contribution in [-0.2, 0) is 6.54 Å². The van der Waals surface area contributed by atoms with Gasteiger partial charge in [-0.2, -0.15) is 0 Å². The molecular weight excluding hydrogens is 349 g/mol. The number of benzene rings is 1. The quantitative estimate of drug-likeness (QED) is 0.505. The molecule has 17 heavy (non-hydrogen) atoms. The van der Waals surface area contributed by atoms with Gasteiger partial charge in [0, 0.05) is 25.7 Å². The summed E-state index contributed by atoms with van der Waals surface area (Å²) in [6, 6.07) is 7.77. The standard InChI is InChI=1S/C12H18ClN3.HI/c1-4-14-12(16(2)3)15-9-10-7-5-6-8-11(10)13;/h5-8H,4,9H2,1-3H3,(H,14,15);1H. The fourth-order valence-corrected chi connectivity index (χ4v) is 1.50. The van der Waals surface area contributed by atoms with E-state index in [9.17, 15) is 0 Å². The average molecular weight is 368 g/mol. The molecule has 0 fully saturated rings. The topological polar surface area (TPSA) is 27.6 Å². The number of nitrogens with one attached hydrogen (secondary N) is 1. The monoisotopic (exact) mass is 367 g/mol. The molecule has 0 aromatic heterocycles. The maximum Gasteiger partial charge on any atom is 0.193 e. The van der Waals surface area contributed by atoms with Crippen LogP contribution in [0, 0.1) is 0 Å². The van der Waals surface area contributed by atoms with Crippen LogP contribution in [0.4, 0.5) is 0 Å². The van der Waals surface area contributed by atoms with E-state index >= 15 is 0 Å². The largest absolute Gasteiger partial charge is 0.357 e. The van der Waals surface area contributed by atoms with Gasteiger partial charge in [0.15, 0.2) is 5.96 Å². The molecule has 1 rings (SSSR count). The lowest BCUT2D eigenvalue weighted by Crippen LogP contribution is -2.36. The second kappa shape index (κ2) is 8.58. The van der Waals surface area contributed by atoms with Crippen molar-refractivity contribution >= 4 is 41.5 Å². The van der Waals surface area contributed by atoms with Gasteiger partial charge in [-0.1, -0.05) is 29.8 Å². The van der Waals surface area contributed by atoms with Crippen molar-refractivity contribution in [1.29, 1.82) is 0 Å². The highest BCUT2D eigenvalue weighted by Crippen LogP contribution is 2.15. The van der Waals surface area contributed by atoms with E-state index in [1.165, 1.54) is 0 Å². The van der Waals surface area contributed by atoms with Crippen LogP contribution in [0.5, 0.6) is 0 Å². The van der Waals surface area contributed by atoms with Crippen LogP contribution >= 0.6 is 35.6 Å². The lowest BCUT2D eigenvalue weighted by Gasteiger charge is -2.16. The van der Waals surface area contributed by atoms with Crippen LogP contribution in [0.1, 0.15) is 12.5 Å². The van der Waals surface area contributed by atoms with Crippen LogP contribution in [0.15, 0.2) is 29.3 Å². The SMILES string of the molecule is CCNC(=NCc1ccccc1Cl)N(C)C.I. The minimum Gasteiger partial charge on any atom is -0.357 e. The maximum atomic E-state index is 6.06. The molecule has 0 aliphatic heterocycles. The highest BCUT2D eigenvalue weighted by Gasteiger charge is 2.01. The summed E-state index contributed by atoms with van der Waals surface area (Å²) in [5.41, 5.74) is 1.04. The maximum absolute atomic E-state index is 6.06. The molecule has 1 aromatic rings. The minimum atomic E-state index is 0. The fourth-order valence-electron chi connectivity index (χ4n) is 1.30. The van der Waals surface area contributed by atoms with Gasteiger partial charge in [-0.25, -0.2) is 4.99 Å². The van der Waals surface area contributed by atoms with E-state index < -0.39 is 0 Å². The van der Waals surface area contributed by atoms with Gasteiger partial charge in [0.25, 0.3) is 0 Å². The molecule has 5 heteroatoms. The van der Waals surface area contributed by atoms with Crippen LogP contribution in [0.2, 0.25) is 5.02 Å². The molecule has 0 unspecified atom stereocenters. The Labute approximate surface area is 125 Å². The second-order valence-corrected chi connectivity index (χ2v) is 4.06. The van der Waals surface area contributed by atoms with E-state index in [1.54, 1.807) is 0 Å². The summed E-state index contributed by atoms with van der Waals surface area (Å²) in [6.45, 7) is 3.51. The van der Waals surface area contributed by atoms with Gasteiger partial charge >= 0.3 is 0 Å². The minimum absolute atomic E-state index is 0.